The highest BCUT2D eigenvalue weighted by atomic mass is 32.1. The van der Waals surface area contributed by atoms with Crippen LogP contribution >= 0.6 is 11.3 Å². The van der Waals surface area contributed by atoms with E-state index >= 15 is 0 Å². The van der Waals surface area contributed by atoms with Crippen molar-refractivity contribution in [3.05, 3.63) is 58.3 Å². The number of benzene rings is 1. The smallest absolute Gasteiger partial charge is 0.269 e. The summed E-state index contributed by atoms with van der Waals surface area (Å²) < 4.78 is 0. The fraction of sp³-hybridized carbons (Fsp3) is 0.167. The van der Waals surface area contributed by atoms with E-state index in [2.05, 4.69) is 16.2 Å². The van der Waals surface area contributed by atoms with Crippen LogP contribution in [0.1, 0.15) is 28.1 Å². The summed E-state index contributed by atoms with van der Waals surface area (Å²) in [4.78, 5) is 36.3. The third kappa shape index (κ3) is 5.02. The Morgan fingerprint density at radius 2 is 1.80 bits per heavy atom. The highest BCUT2D eigenvalue weighted by Crippen LogP contribution is 2.30. The highest BCUT2D eigenvalue weighted by Gasteiger charge is 2.29. The lowest BCUT2D eigenvalue weighted by molar-refractivity contribution is -0.118. The number of thiophene rings is 1. The molecule has 25 heavy (non-hydrogen) atoms. The van der Waals surface area contributed by atoms with Crippen LogP contribution in [-0.2, 0) is 9.59 Å². The first kappa shape index (κ1) is 16.9. The SMILES string of the molecule is O=C(/C=C/c1cccs1)NNC(=O)c1ccc(NC(=O)C2CC2)cc1. The van der Waals surface area contributed by atoms with E-state index in [1.807, 2.05) is 17.5 Å². The number of hydrogen-bond acceptors (Lipinski definition) is 4. The van der Waals surface area contributed by atoms with Crippen LogP contribution in [0.4, 0.5) is 5.69 Å². The van der Waals surface area contributed by atoms with Gasteiger partial charge < -0.3 is 5.32 Å². The van der Waals surface area contributed by atoms with Crippen LogP contribution in [0.5, 0.6) is 0 Å². The van der Waals surface area contributed by atoms with Crippen molar-refractivity contribution in [2.24, 2.45) is 5.92 Å². The van der Waals surface area contributed by atoms with E-state index in [0.29, 0.717) is 11.3 Å². The van der Waals surface area contributed by atoms with E-state index in [9.17, 15) is 14.4 Å². The van der Waals surface area contributed by atoms with Gasteiger partial charge in [-0.3, -0.25) is 25.2 Å². The highest BCUT2D eigenvalue weighted by molar-refractivity contribution is 7.10. The lowest BCUT2D eigenvalue weighted by atomic mass is 10.2. The molecule has 0 radical (unpaired) electrons. The molecule has 128 valence electrons. The van der Waals surface area contributed by atoms with Crippen LogP contribution in [0.2, 0.25) is 0 Å². The van der Waals surface area contributed by atoms with Gasteiger partial charge in [-0.05, 0) is 54.6 Å². The number of rotatable bonds is 5. The minimum atomic E-state index is -0.432. The van der Waals surface area contributed by atoms with Gasteiger partial charge >= 0.3 is 0 Å². The van der Waals surface area contributed by atoms with Crippen LogP contribution in [-0.4, -0.2) is 17.7 Å². The second-order valence-electron chi connectivity index (χ2n) is 5.63. The maximum Gasteiger partial charge on any atom is 0.269 e. The molecular formula is C18H17N3O3S. The average molecular weight is 355 g/mol. The molecule has 1 aliphatic rings. The topological polar surface area (TPSA) is 87.3 Å². The standard InChI is InChI=1S/C18H17N3O3S/c22-16(10-9-15-2-1-11-25-15)20-21-18(24)13-5-7-14(8-6-13)19-17(23)12-3-4-12/h1-2,5-12H,3-4H2,(H,19,23)(H,20,22)(H,21,24)/b10-9+. The van der Waals surface area contributed by atoms with E-state index < -0.39 is 11.8 Å². The molecule has 1 aliphatic carbocycles. The number of hydrazine groups is 1. The zero-order valence-corrected chi connectivity index (χ0v) is 14.1. The molecule has 3 N–H and O–H groups in total. The molecule has 6 nitrogen and oxygen atoms in total. The molecular weight excluding hydrogens is 338 g/mol. The van der Waals surface area contributed by atoms with Crippen LogP contribution in [0, 0.1) is 5.92 Å². The fourth-order valence-corrected chi connectivity index (χ4v) is 2.69. The monoisotopic (exact) mass is 355 g/mol. The van der Waals surface area contributed by atoms with Crippen LogP contribution in [0.3, 0.4) is 0 Å². The van der Waals surface area contributed by atoms with Crippen molar-refractivity contribution in [2.75, 3.05) is 5.32 Å². The van der Waals surface area contributed by atoms with Crippen molar-refractivity contribution in [3.8, 4) is 0 Å². The Bertz CT molecular complexity index is 793. The zero-order valence-electron chi connectivity index (χ0n) is 13.3. The van der Waals surface area contributed by atoms with E-state index in [-0.39, 0.29) is 11.8 Å². The molecule has 1 saturated carbocycles. The zero-order chi connectivity index (χ0) is 17.6. The summed E-state index contributed by atoms with van der Waals surface area (Å²) in [5.74, 6) is -0.713. The summed E-state index contributed by atoms with van der Waals surface area (Å²) in [6.07, 6.45) is 4.89. The van der Waals surface area contributed by atoms with E-state index in [1.165, 1.54) is 17.4 Å². The van der Waals surface area contributed by atoms with Gasteiger partial charge in [-0.1, -0.05) is 6.07 Å². The van der Waals surface area contributed by atoms with Gasteiger partial charge in [0.05, 0.1) is 0 Å². The minimum Gasteiger partial charge on any atom is -0.326 e. The Morgan fingerprint density at radius 1 is 1.04 bits per heavy atom. The van der Waals surface area contributed by atoms with Crippen molar-refractivity contribution >= 4 is 40.8 Å². The molecule has 3 rings (SSSR count). The van der Waals surface area contributed by atoms with E-state index in [1.54, 1.807) is 30.3 Å². The second-order valence-corrected chi connectivity index (χ2v) is 6.61. The van der Waals surface area contributed by atoms with Crippen molar-refractivity contribution in [3.63, 3.8) is 0 Å². The van der Waals surface area contributed by atoms with Gasteiger partial charge in [0.1, 0.15) is 0 Å². The van der Waals surface area contributed by atoms with Gasteiger partial charge in [0.25, 0.3) is 11.8 Å². The van der Waals surface area contributed by atoms with Crippen LogP contribution < -0.4 is 16.2 Å². The second kappa shape index (κ2) is 7.76. The molecule has 0 saturated heterocycles. The summed E-state index contributed by atoms with van der Waals surface area (Å²) in [5, 5.41) is 4.71. The summed E-state index contributed by atoms with van der Waals surface area (Å²) in [6, 6.07) is 10.3. The number of carbonyl (C=O) groups is 3. The Kier molecular flexibility index (Phi) is 5.25. The van der Waals surface area contributed by atoms with Crippen molar-refractivity contribution in [1.82, 2.24) is 10.9 Å². The van der Waals surface area contributed by atoms with Gasteiger partial charge in [-0.25, -0.2) is 0 Å². The lowest BCUT2D eigenvalue weighted by Crippen LogP contribution is -2.40. The largest absolute Gasteiger partial charge is 0.326 e. The molecule has 0 atom stereocenters. The molecule has 0 bridgehead atoms. The number of nitrogens with one attached hydrogen (secondary N) is 3. The van der Waals surface area contributed by atoms with Gasteiger partial charge in [-0.15, -0.1) is 11.3 Å². The number of carbonyl (C=O) groups excluding carboxylic acids is 3. The first-order chi connectivity index (χ1) is 12.1. The predicted molar refractivity (Wildman–Crippen MR) is 96.8 cm³/mol. The van der Waals surface area contributed by atoms with Gasteiger partial charge in [-0.2, -0.15) is 0 Å². The molecule has 0 unspecified atom stereocenters. The number of amides is 3. The van der Waals surface area contributed by atoms with Gasteiger partial charge in [0, 0.05) is 28.1 Å². The normalized spacial score (nSPS) is 13.4. The number of anilines is 1. The molecule has 1 fully saturated rings. The van der Waals surface area contributed by atoms with Gasteiger partial charge in [0.2, 0.25) is 5.91 Å². The summed E-state index contributed by atoms with van der Waals surface area (Å²) in [6.45, 7) is 0. The predicted octanol–water partition coefficient (Wildman–Crippen LogP) is 2.57. The van der Waals surface area contributed by atoms with Crippen molar-refractivity contribution in [2.45, 2.75) is 12.8 Å². The average Bonchev–Trinajstić information content (AvgIpc) is 3.35. The molecule has 2 aromatic rings. The van der Waals surface area contributed by atoms with E-state index in [0.717, 1.165) is 17.7 Å². The maximum atomic E-state index is 12.0. The number of hydrogen-bond donors (Lipinski definition) is 3. The lowest BCUT2D eigenvalue weighted by Gasteiger charge is -2.07. The first-order valence-electron chi connectivity index (χ1n) is 7.84. The Balaban J connectivity index is 1.47. The maximum absolute atomic E-state index is 12.0. The van der Waals surface area contributed by atoms with Gasteiger partial charge in [0.15, 0.2) is 0 Å². The third-order valence-corrected chi connectivity index (χ3v) is 4.44. The molecule has 0 aliphatic heterocycles. The Labute approximate surface area is 148 Å². The molecule has 7 heteroatoms. The van der Waals surface area contributed by atoms with E-state index in [4.69, 9.17) is 0 Å². The minimum absolute atomic E-state index is 0.0157. The third-order valence-electron chi connectivity index (χ3n) is 3.60. The molecule has 1 aromatic carbocycles. The van der Waals surface area contributed by atoms with Crippen molar-refractivity contribution < 1.29 is 14.4 Å². The molecule has 0 spiro atoms. The van der Waals surface area contributed by atoms with Crippen molar-refractivity contribution in [1.29, 1.82) is 0 Å². The Morgan fingerprint density at radius 3 is 2.44 bits per heavy atom. The summed E-state index contributed by atoms with van der Waals surface area (Å²) >= 11 is 1.51. The molecule has 1 aromatic heterocycles. The summed E-state index contributed by atoms with van der Waals surface area (Å²) in [7, 11) is 0. The Hall–Kier alpha value is -2.93. The fourth-order valence-electron chi connectivity index (χ4n) is 2.07. The van der Waals surface area contributed by atoms with Crippen LogP contribution in [0.25, 0.3) is 6.08 Å². The quantitative estimate of drug-likeness (QED) is 0.569. The molecule has 1 heterocycles. The summed E-state index contributed by atoms with van der Waals surface area (Å²) in [5.41, 5.74) is 5.70. The molecule has 3 amide bonds. The first-order valence-corrected chi connectivity index (χ1v) is 8.72. The van der Waals surface area contributed by atoms with Crippen LogP contribution in [0.15, 0.2) is 47.9 Å².